The Morgan fingerprint density at radius 3 is 2.50 bits per heavy atom. The number of amides is 1. The van der Waals surface area contributed by atoms with Gasteiger partial charge in [0.15, 0.2) is 0 Å². The highest BCUT2D eigenvalue weighted by Crippen LogP contribution is 2.32. The van der Waals surface area contributed by atoms with E-state index in [1.54, 1.807) is 11.8 Å². The summed E-state index contributed by atoms with van der Waals surface area (Å²) in [4.78, 5) is 11.4. The lowest BCUT2D eigenvalue weighted by Gasteiger charge is -2.42. The van der Waals surface area contributed by atoms with Crippen LogP contribution < -0.4 is 5.32 Å². The van der Waals surface area contributed by atoms with Crippen LogP contribution >= 0.6 is 11.8 Å². The Morgan fingerprint density at radius 1 is 1.43 bits per heavy atom. The van der Waals surface area contributed by atoms with Gasteiger partial charge in [0.2, 0.25) is 5.91 Å². The molecule has 2 nitrogen and oxygen atoms in total. The summed E-state index contributed by atoms with van der Waals surface area (Å²) in [5.74, 6) is 3.05. The van der Waals surface area contributed by atoms with Crippen LogP contribution in [-0.4, -0.2) is 23.0 Å². The van der Waals surface area contributed by atoms with Crippen molar-refractivity contribution in [3.63, 3.8) is 0 Å². The zero-order valence-electron chi connectivity index (χ0n) is 9.59. The zero-order valence-corrected chi connectivity index (χ0v) is 10.4. The third kappa shape index (κ3) is 2.66. The molecule has 1 amide bonds. The van der Waals surface area contributed by atoms with Crippen molar-refractivity contribution >= 4 is 17.7 Å². The largest absolute Gasteiger partial charge is 0.349 e. The van der Waals surface area contributed by atoms with Crippen LogP contribution in [0.15, 0.2) is 0 Å². The molecule has 0 aromatic rings. The maximum Gasteiger partial charge on any atom is 0.230 e. The van der Waals surface area contributed by atoms with E-state index < -0.39 is 0 Å². The van der Waals surface area contributed by atoms with Crippen LogP contribution in [0.1, 0.15) is 34.1 Å². The number of carbonyl (C=O) groups is 1. The molecule has 0 spiro atoms. The molecule has 0 aromatic carbocycles. The molecule has 82 valence electrons. The second-order valence-corrected chi connectivity index (χ2v) is 5.94. The van der Waals surface area contributed by atoms with Gasteiger partial charge < -0.3 is 5.32 Å². The van der Waals surface area contributed by atoms with Gasteiger partial charge in [-0.3, -0.25) is 4.79 Å². The first-order valence-corrected chi connectivity index (χ1v) is 6.50. The Hall–Kier alpha value is -0.180. The molecule has 0 aliphatic carbocycles. The Balaban J connectivity index is 2.74. The van der Waals surface area contributed by atoms with Crippen LogP contribution in [0.2, 0.25) is 0 Å². The van der Waals surface area contributed by atoms with Crippen molar-refractivity contribution in [3.05, 3.63) is 0 Å². The molecular weight excluding hydrogens is 194 g/mol. The van der Waals surface area contributed by atoms with Gasteiger partial charge >= 0.3 is 0 Å². The van der Waals surface area contributed by atoms with E-state index in [2.05, 4.69) is 33.0 Å². The molecule has 0 radical (unpaired) electrons. The molecule has 0 saturated carbocycles. The number of carbonyl (C=O) groups excluding carboxylic acids is 1. The van der Waals surface area contributed by atoms with Crippen molar-refractivity contribution in [2.24, 2.45) is 11.8 Å². The lowest BCUT2D eigenvalue weighted by atomic mass is 9.81. The second-order valence-electron chi connectivity index (χ2n) is 4.95. The maximum absolute atomic E-state index is 11.4. The molecule has 14 heavy (non-hydrogen) atoms. The first-order chi connectivity index (χ1) is 6.46. The summed E-state index contributed by atoms with van der Waals surface area (Å²) in [6, 6.07) is 0. The SMILES string of the molecule is CC(C)CC1(C(C)C)CSCC(=O)N1. The van der Waals surface area contributed by atoms with Gasteiger partial charge in [0.05, 0.1) is 11.3 Å². The molecule has 1 aliphatic heterocycles. The number of rotatable bonds is 3. The van der Waals surface area contributed by atoms with Gasteiger partial charge in [-0.15, -0.1) is 11.8 Å². The molecule has 3 heteroatoms. The number of thioether (sulfide) groups is 1. The van der Waals surface area contributed by atoms with Gasteiger partial charge in [0.1, 0.15) is 0 Å². The van der Waals surface area contributed by atoms with E-state index in [0.29, 0.717) is 17.6 Å². The average Bonchev–Trinajstić information content (AvgIpc) is 2.02. The Labute approximate surface area is 91.2 Å². The molecule has 0 aromatic heterocycles. The van der Waals surface area contributed by atoms with Crippen LogP contribution in [0.25, 0.3) is 0 Å². The fraction of sp³-hybridized carbons (Fsp3) is 0.909. The minimum atomic E-state index is 0.0359. The molecule has 1 fully saturated rings. The summed E-state index contributed by atoms with van der Waals surface area (Å²) >= 11 is 1.77. The van der Waals surface area contributed by atoms with Gasteiger partial charge in [-0.1, -0.05) is 27.7 Å². The Morgan fingerprint density at radius 2 is 2.07 bits per heavy atom. The monoisotopic (exact) mass is 215 g/mol. The van der Waals surface area contributed by atoms with E-state index in [1.807, 2.05) is 0 Å². The molecule has 1 unspecified atom stereocenters. The molecule has 1 saturated heterocycles. The summed E-state index contributed by atoms with van der Waals surface area (Å²) in [6.07, 6.45) is 1.09. The smallest absolute Gasteiger partial charge is 0.230 e. The lowest BCUT2D eigenvalue weighted by molar-refractivity contribution is -0.121. The van der Waals surface area contributed by atoms with E-state index in [9.17, 15) is 4.79 Å². The highest BCUT2D eigenvalue weighted by molar-refractivity contribution is 8.00. The van der Waals surface area contributed by atoms with E-state index in [0.717, 1.165) is 12.2 Å². The minimum absolute atomic E-state index is 0.0359. The minimum Gasteiger partial charge on any atom is -0.349 e. The molecule has 0 bridgehead atoms. The van der Waals surface area contributed by atoms with E-state index >= 15 is 0 Å². The predicted molar refractivity (Wildman–Crippen MR) is 62.5 cm³/mol. The van der Waals surface area contributed by atoms with Crippen molar-refractivity contribution in [2.45, 2.75) is 39.7 Å². The fourth-order valence-corrected chi connectivity index (χ4v) is 3.31. The van der Waals surface area contributed by atoms with E-state index in [4.69, 9.17) is 0 Å². The first kappa shape index (κ1) is 11.9. The third-order valence-corrected chi connectivity index (χ3v) is 4.04. The molecule has 1 N–H and O–H groups in total. The number of hydrogen-bond donors (Lipinski definition) is 1. The van der Waals surface area contributed by atoms with E-state index in [-0.39, 0.29) is 11.4 Å². The standard InChI is InChI=1S/C11H21NOS/c1-8(2)5-11(9(3)4)7-14-6-10(13)12-11/h8-9H,5-7H2,1-4H3,(H,12,13). The van der Waals surface area contributed by atoms with Crippen LogP contribution in [0, 0.1) is 11.8 Å². The third-order valence-electron chi connectivity index (χ3n) is 2.86. The van der Waals surface area contributed by atoms with Crippen LogP contribution in [0.4, 0.5) is 0 Å². The van der Waals surface area contributed by atoms with E-state index in [1.165, 1.54) is 0 Å². The van der Waals surface area contributed by atoms with Crippen LogP contribution in [0.3, 0.4) is 0 Å². The second kappa shape index (κ2) is 4.56. The molecule has 1 rings (SSSR count). The Bertz CT molecular complexity index is 215. The highest BCUT2D eigenvalue weighted by atomic mass is 32.2. The maximum atomic E-state index is 11.4. The number of nitrogens with one attached hydrogen (secondary N) is 1. The van der Waals surface area contributed by atoms with Gasteiger partial charge in [-0.25, -0.2) is 0 Å². The molecular formula is C11H21NOS. The summed E-state index contributed by atoms with van der Waals surface area (Å²) in [7, 11) is 0. The molecule has 1 atom stereocenters. The predicted octanol–water partition coefficient (Wildman–Crippen LogP) is 2.29. The molecule has 1 aliphatic rings. The van der Waals surface area contributed by atoms with Gasteiger partial charge in [0.25, 0.3) is 0 Å². The van der Waals surface area contributed by atoms with Crippen molar-refractivity contribution in [1.82, 2.24) is 5.32 Å². The highest BCUT2D eigenvalue weighted by Gasteiger charge is 2.38. The topological polar surface area (TPSA) is 29.1 Å². The molecule has 1 heterocycles. The average molecular weight is 215 g/mol. The van der Waals surface area contributed by atoms with Crippen molar-refractivity contribution < 1.29 is 4.79 Å². The van der Waals surface area contributed by atoms with Crippen LogP contribution in [-0.2, 0) is 4.79 Å². The quantitative estimate of drug-likeness (QED) is 0.782. The van der Waals surface area contributed by atoms with Crippen LogP contribution in [0.5, 0.6) is 0 Å². The summed E-state index contributed by atoms with van der Waals surface area (Å²) < 4.78 is 0. The summed E-state index contributed by atoms with van der Waals surface area (Å²) in [5.41, 5.74) is 0.0359. The summed E-state index contributed by atoms with van der Waals surface area (Å²) in [5, 5.41) is 3.20. The van der Waals surface area contributed by atoms with Gasteiger partial charge in [-0.2, -0.15) is 0 Å². The lowest BCUT2D eigenvalue weighted by Crippen LogP contribution is -2.58. The first-order valence-electron chi connectivity index (χ1n) is 5.35. The zero-order chi connectivity index (χ0) is 10.8. The number of hydrogen-bond acceptors (Lipinski definition) is 2. The van der Waals surface area contributed by atoms with Crippen molar-refractivity contribution in [1.29, 1.82) is 0 Å². The fourth-order valence-electron chi connectivity index (χ4n) is 2.06. The van der Waals surface area contributed by atoms with Crippen molar-refractivity contribution in [2.75, 3.05) is 11.5 Å². The van der Waals surface area contributed by atoms with Gasteiger partial charge in [-0.05, 0) is 18.3 Å². The van der Waals surface area contributed by atoms with Crippen molar-refractivity contribution in [3.8, 4) is 0 Å². The normalized spacial score (nSPS) is 28.3. The Kier molecular flexibility index (Phi) is 3.87. The van der Waals surface area contributed by atoms with Gasteiger partial charge in [0, 0.05) is 5.75 Å². The summed E-state index contributed by atoms with van der Waals surface area (Å²) in [6.45, 7) is 8.84.